The molecular formula is C9H15N5. The third-order valence-electron chi connectivity index (χ3n) is 2.42. The Morgan fingerprint density at radius 1 is 1.79 bits per heavy atom. The Balaban J connectivity index is 2.11. The number of nitrogens with one attached hydrogen (secondary N) is 1. The van der Waals surface area contributed by atoms with Gasteiger partial charge in [0.05, 0.1) is 18.6 Å². The van der Waals surface area contributed by atoms with Gasteiger partial charge in [0.15, 0.2) is 5.96 Å². The highest BCUT2D eigenvalue weighted by molar-refractivity contribution is 5.78. The highest BCUT2D eigenvalue weighted by Gasteiger charge is 2.18. The molecule has 0 bridgehead atoms. The van der Waals surface area contributed by atoms with Crippen LogP contribution in [0.15, 0.2) is 11.3 Å². The Morgan fingerprint density at radius 2 is 2.64 bits per heavy atom. The fourth-order valence-electron chi connectivity index (χ4n) is 1.67. The van der Waals surface area contributed by atoms with Gasteiger partial charge in [0, 0.05) is 25.2 Å². The molecular weight excluding hydrogens is 178 g/mol. The number of aromatic amines is 1. The summed E-state index contributed by atoms with van der Waals surface area (Å²) in [5.41, 5.74) is 8.14. The zero-order valence-corrected chi connectivity index (χ0v) is 8.32. The Bertz CT molecular complexity index is 341. The highest BCUT2D eigenvalue weighted by atomic mass is 15.3. The molecule has 1 aromatic heterocycles. The van der Waals surface area contributed by atoms with E-state index in [9.17, 15) is 0 Å². The van der Waals surface area contributed by atoms with E-state index >= 15 is 0 Å². The number of aromatic nitrogens is 2. The number of fused-ring (bicyclic) bond motifs is 1. The summed E-state index contributed by atoms with van der Waals surface area (Å²) in [4.78, 5) is 13.6. The molecule has 0 amide bonds. The predicted molar refractivity (Wildman–Crippen MR) is 54.9 cm³/mol. The largest absolute Gasteiger partial charge is 0.370 e. The quantitative estimate of drug-likeness (QED) is 0.491. The third kappa shape index (κ3) is 1.57. The summed E-state index contributed by atoms with van der Waals surface area (Å²) >= 11 is 0. The van der Waals surface area contributed by atoms with E-state index in [0.29, 0.717) is 5.96 Å². The van der Waals surface area contributed by atoms with Crippen LogP contribution in [0.3, 0.4) is 0 Å². The summed E-state index contributed by atoms with van der Waals surface area (Å²) < 4.78 is 0. The summed E-state index contributed by atoms with van der Waals surface area (Å²) in [6.07, 6.45) is 2.70. The molecule has 0 saturated heterocycles. The lowest BCUT2D eigenvalue weighted by Gasteiger charge is -2.26. The number of aliphatic imine (C=N–C) groups is 1. The first-order chi connectivity index (χ1) is 6.81. The third-order valence-corrected chi connectivity index (χ3v) is 2.42. The standard InChI is InChI=1S/C9H15N5/c1-2-11-9(10)14-4-3-7-8(5-14)13-6-12-7/h6H,2-5H2,1H3,(H2,10,11)(H,12,13). The SMILES string of the molecule is CCN=C(N)N1CCc2[nH]cnc2C1. The maximum atomic E-state index is 5.82. The first-order valence-electron chi connectivity index (χ1n) is 4.87. The van der Waals surface area contributed by atoms with Crippen molar-refractivity contribution in [1.82, 2.24) is 14.9 Å². The van der Waals surface area contributed by atoms with Crippen LogP contribution in [-0.4, -0.2) is 33.9 Å². The number of hydrogen-bond donors (Lipinski definition) is 2. The monoisotopic (exact) mass is 193 g/mol. The second-order valence-corrected chi connectivity index (χ2v) is 3.33. The van der Waals surface area contributed by atoms with E-state index in [1.807, 2.05) is 6.92 Å². The molecule has 5 nitrogen and oxygen atoms in total. The van der Waals surface area contributed by atoms with Gasteiger partial charge < -0.3 is 15.6 Å². The molecule has 0 aliphatic carbocycles. The fraction of sp³-hybridized carbons (Fsp3) is 0.556. The van der Waals surface area contributed by atoms with Gasteiger partial charge in [0.2, 0.25) is 0 Å². The van der Waals surface area contributed by atoms with Gasteiger partial charge in [-0.2, -0.15) is 0 Å². The molecule has 1 aliphatic heterocycles. The van der Waals surface area contributed by atoms with Gasteiger partial charge in [0.1, 0.15) is 0 Å². The van der Waals surface area contributed by atoms with E-state index in [2.05, 4.69) is 19.9 Å². The molecule has 1 aliphatic rings. The smallest absolute Gasteiger partial charge is 0.191 e. The van der Waals surface area contributed by atoms with Crippen molar-refractivity contribution in [3.63, 3.8) is 0 Å². The maximum Gasteiger partial charge on any atom is 0.191 e. The molecule has 0 spiro atoms. The van der Waals surface area contributed by atoms with E-state index < -0.39 is 0 Å². The number of nitrogens with two attached hydrogens (primary N) is 1. The summed E-state index contributed by atoms with van der Waals surface area (Å²) in [7, 11) is 0. The van der Waals surface area contributed by atoms with Crippen LogP contribution in [0.5, 0.6) is 0 Å². The van der Waals surface area contributed by atoms with Crippen LogP contribution in [0.25, 0.3) is 0 Å². The number of nitrogens with zero attached hydrogens (tertiary/aromatic N) is 3. The first-order valence-corrected chi connectivity index (χ1v) is 4.87. The molecule has 5 heteroatoms. The summed E-state index contributed by atoms with van der Waals surface area (Å²) in [5, 5.41) is 0. The number of H-pyrrole nitrogens is 1. The average Bonchev–Trinajstić information content (AvgIpc) is 2.64. The molecule has 0 unspecified atom stereocenters. The Kier molecular flexibility index (Phi) is 2.39. The van der Waals surface area contributed by atoms with E-state index in [1.54, 1.807) is 6.33 Å². The fourth-order valence-corrected chi connectivity index (χ4v) is 1.67. The van der Waals surface area contributed by atoms with Crippen molar-refractivity contribution < 1.29 is 0 Å². The summed E-state index contributed by atoms with van der Waals surface area (Å²) in [6, 6.07) is 0. The average molecular weight is 193 g/mol. The molecule has 14 heavy (non-hydrogen) atoms. The number of rotatable bonds is 1. The molecule has 0 saturated carbocycles. The van der Waals surface area contributed by atoms with Crippen molar-refractivity contribution >= 4 is 5.96 Å². The van der Waals surface area contributed by atoms with E-state index in [1.165, 1.54) is 5.69 Å². The van der Waals surface area contributed by atoms with Crippen LogP contribution < -0.4 is 5.73 Å². The molecule has 3 N–H and O–H groups in total. The highest BCUT2D eigenvalue weighted by Crippen LogP contribution is 2.13. The van der Waals surface area contributed by atoms with Crippen LogP contribution in [0.2, 0.25) is 0 Å². The van der Waals surface area contributed by atoms with Gasteiger partial charge in [-0.15, -0.1) is 0 Å². The van der Waals surface area contributed by atoms with Crippen LogP contribution in [0.1, 0.15) is 18.3 Å². The molecule has 2 heterocycles. The minimum absolute atomic E-state index is 0.626. The first kappa shape index (κ1) is 9.05. The molecule has 0 radical (unpaired) electrons. The van der Waals surface area contributed by atoms with Gasteiger partial charge in [-0.25, -0.2) is 4.98 Å². The van der Waals surface area contributed by atoms with Gasteiger partial charge in [-0.3, -0.25) is 4.99 Å². The molecule has 0 aromatic carbocycles. The normalized spacial score (nSPS) is 16.9. The van der Waals surface area contributed by atoms with Crippen LogP contribution in [-0.2, 0) is 13.0 Å². The summed E-state index contributed by atoms with van der Waals surface area (Å²) in [6.45, 7) is 4.41. The summed E-state index contributed by atoms with van der Waals surface area (Å²) in [5.74, 6) is 0.626. The van der Waals surface area contributed by atoms with E-state index in [-0.39, 0.29) is 0 Å². The van der Waals surface area contributed by atoms with Crippen molar-refractivity contribution in [2.24, 2.45) is 10.7 Å². The van der Waals surface area contributed by atoms with Gasteiger partial charge in [-0.1, -0.05) is 0 Å². The van der Waals surface area contributed by atoms with Crippen LogP contribution in [0, 0.1) is 0 Å². The second kappa shape index (κ2) is 3.69. The lowest BCUT2D eigenvalue weighted by molar-refractivity contribution is 0.381. The van der Waals surface area contributed by atoms with Crippen LogP contribution >= 0.6 is 0 Å². The second-order valence-electron chi connectivity index (χ2n) is 3.33. The maximum absolute atomic E-state index is 5.82. The van der Waals surface area contributed by atoms with E-state index in [0.717, 1.165) is 31.7 Å². The predicted octanol–water partition coefficient (Wildman–Crippen LogP) is 0.102. The Morgan fingerprint density at radius 3 is 3.43 bits per heavy atom. The molecule has 0 atom stereocenters. The van der Waals surface area contributed by atoms with Crippen molar-refractivity contribution in [2.75, 3.05) is 13.1 Å². The number of hydrogen-bond acceptors (Lipinski definition) is 2. The topological polar surface area (TPSA) is 70.3 Å². The minimum Gasteiger partial charge on any atom is -0.370 e. The Hall–Kier alpha value is -1.52. The molecule has 76 valence electrons. The molecule has 2 rings (SSSR count). The van der Waals surface area contributed by atoms with Gasteiger partial charge >= 0.3 is 0 Å². The lowest BCUT2D eigenvalue weighted by Crippen LogP contribution is -2.41. The van der Waals surface area contributed by atoms with Crippen molar-refractivity contribution in [2.45, 2.75) is 19.9 Å². The number of imidazole rings is 1. The zero-order chi connectivity index (χ0) is 9.97. The van der Waals surface area contributed by atoms with Gasteiger partial charge in [-0.05, 0) is 6.92 Å². The molecule has 1 aromatic rings. The van der Waals surface area contributed by atoms with Crippen LogP contribution in [0.4, 0.5) is 0 Å². The van der Waals surface area contributed by atoms with E-state index in [4.69, 9.17) is 5.73 Å². The van der Waals surface area contributed by atoms with Gasteiger partial charge in [0.25, 0.3) is 0 Å². The zero-order valence-electron chi connectivity index (χ0n) is 8.32. The Labute approximate surface area is 83.0 Å². The van der Waals surface area contributed by atoms with Crippen molar-refractivity contribution in [3.05, 3.63) is 17.7 Å². The minimum atomic E-state index is 0.626. The lowest BCUT2D eigenvalue weighted by atomic mass is 10.1. The van der Waals surface area contributed by atoms with Crippen molar-refractivity contribution in [1.29, 1.82) is 0 Å². The number of guanidine groups is 1. The molecule has 0 fully saturated rings. The van der Waals surface area contributed by atoms with Crippen molar-refractivity contribution in [3.8, 4) is 0 Å².